The molecule has 0 amide bonds. The summed E-state index contributed by atoms with van der Waals surface area (Å²) in [5.74, 6) is 0.0518. The van der Waals surface area contributed by atoms with E-state index in [4.69, 9.17) is 10.5 Å². The van der Waals surface area contributed by atoms with Crippen LogP contribution >= 0.6 is 0 Å². The smallest absolute Gasteiger partial charge is 0.244 e. The number of hydrogen-bond acceptors (Lipinski definition) is 10. The Labute approximate surface area is 165 Å². The molecule has 5 N–H and O–H groups in total. The number of ether oxygens (including phenoxy) is 1. The summed E-state index contributed by atoms with van der Waals surface area (Å²) in [6.07, 6.45) is -2.62. The maximum absolute atomic E-state index is 13.4. The van der Waals surface area contributed by atoms with Crippen molar-refractivity contribution in [2.45, 2.75) is 35.2 Å². The van der Waals surface area contributed by atoms with Gasteiger partial charge in [-0.1, -0.05) is 17.7 Å². The van der Waals surface area contributed by atoms with E-state index in [1.54, 1.807) is 19.1 Å². The average Bonchev–Trinajstić information content (AvgIpc) is 3.23. The number of fused-ring (bicyclic) bond motifs is 1. The fraction of sp³-hybridized carbons (Fsp3) is 0.353. The molecule has 4 atom stereocenters. The predicted octanol–water partition coefficient (Wildman–Crippen LogP) is -0.870. The standard InChI is InChI=1S/C17H19N5O6S/c1-9-2-4-10(5-3-9)29(26,27)17(25)13(24)11(6-23)28-16(17)22-8-21-12-14(18)19-7-20-15(12)22/h2-5,7-8,11,13,16,23-25H,6H2,1H3,(H2,18,19,20). The first-order chi connectivity index (χ1) is 13.7. The van der Waals surface area contributed by atoms with Gasteiger partial charge in [-0.3, -0.25) is 4.57 Å². The zero-order valence-corrected chi connectivity index (χ0v) is 16.1. The summed E-state index contributed by atoms with van der Waals surface area (Å²) in [4.78, 5) is 8.86. The Morgan fingerprint density at radius 1 is 1.24 bits per heavy atom. The van der Waals surface area contributed by atoms with E-state index in [1.165, 1.54) is 18.5 Å². The molecule has 1 aliphatic heterocycles. The maximum atomic E-state index is 13.4. The topological polar surface area (TPSA) is 174 Å². The molecule has 11 nitrogen and oxygen atoms in total. The monoisotopic (exact) mass is 421 g/mol. The maximum Gasteiger partial charge on any atom is 0.244 e. The molecule has 1 aromatic carbocycles. The summed E-state index contributed by atoms with van der Waals surface area (Å²) in [6.45, 7) is 1.07. The molecule has 1 saturated heterocycles. The number of rotatable bonds is 4. The van der Waals surface area contributed by atoms with Crippen LogP contribution in [0.3, 0.4) is 0 Å². The number of benzene rings is 1. The Bertz CT molecular complexity index is 1160. The van der Waals surface area contributed by atoms with Crippen molar-refractivity contribution >= 4 is 26.8 Å². The van der Waals surface area contributed by atoms with Gasteiger partial charge in [0.1, 0.15) is 24.1 Å². The molecule has 4 unspecified atom stereocenters. The van der Waals surface area contributed by atoms with Crippen molar-refractivity contribution < 1.29 is 28.5 Å². The van der Waals surface area contributed by atoms with E-state index in [2.05, 4.69) is 15.0 Å². The zero-order chi connectivity index (χ0) is 21.0. The van der Waals surface area contributed by atoms with Crippen molar-refractivity contribution in [2.24, 2.45) is 0 Å². The quantitative estimate of drug-likeness (QED) is 0.414. The van der Waals surface area contributed by atoms with Gasteiger partial charge >= 0.3 is 0 Å². The molecule has 4 rings (SSSR count). The van der Waals surface area contributed by atoms with Crippen molar-refractivity contribution in [1.82, 2.24) is 19.5 Å². The Balaban J connectivity index is 1.92. The Hall–Kier alpha value is -2.64. The average molecular weight is 421 g/mol. The number of nitrogen functional groups attached to an aromatic ring is 1. The van der Waals surface area contributed by atoms with Crippen molar-refractivity contribution in [1.29, 1.82) is 0 Å². The van der Waals surface area contributed by atoms with Crippen LogP contribution < -0.4 is 5.73 Å². The molecule has 2 aromatic heterocycles. The molecule has 29 heavy (non-hydrogen) atoms. The van der Waals surface area contributed by atoms with Crippen LogP contribution in [-0.4, -0.2) is 67.0 Å². The van der Waals surface area contributed by atoms with Crippen molar-refractivity contribution in [3.63, 3.8) is 0 Å². The van der Waals surface area contributed by atoms with Gasteiger partial charge in [-0.2, -0.15) is 0 Å². The minimum atomic E-state index is -4.55. The second-order valence-electron chi connectivity index (χ2n) is 6.81. The van der Waals surface area contributed by atoms with Crippen molar-refractivity contribution in [3.05, 3.63) is 42.5 Å². The zero-order valence-electron chi connectivity index (χ0n) is 15.2. The summed E-state index contributed by atoms with van der Waals surface area (Å²) in [5.41, 5.74) is 6.86. The van der Waals surface area contributed by atoms with Gasteiger partial charge in [0.2, 0.25) is 14.8 Å². The number of aromatic nitrogens is 4. The molecule has 1 aliphatic rings. The van der Waals surface area contributed by atoms with E-state index in [0.29, 0.717) is 0 Å². The van der Waals surface area contributed by atoms with Gasteiger partial charge in [0.15, 0.2) is 17.7 Å². The third-order valence-corrected chi connectivity index (χ3v) is 7.21. The first kappa shape index (κ1) is 19.7. The van der Waals surface area contributed by atoms with Gasteiger partial charge in [-0.05, 0) is 19.1 Å². The highest BCUT2D eigenvalue weighted by Crippen LogP contribution is 2.45. The van der Waals surface area contributed by atoms with Gasteiger partial charge < -0.3 is 25.8 Å². The molecule has 1 fully saturated rings. The fourth-order valence-corrected chi connectivity index (χ4v) is 5.17. The molecule has 154 valence electrons. The molecule has 3 heterocycles. The summed E-state index contributed by atoms with van der Waals surface area (Å²) in [5, 5.41) is 31.6. The number of sulfone groups is 1. The van der Waals surface area contributed by atoms with E-state index in [9.17, 15) is 23.7 Å². The number of nitrogens with two attached hydrogens (primary N) is 1. The van der Waals surface area contributed by atoms with Crippen LogP contribution in [0.1, 0.15) is 11.8 Å². The van der Waals surface area contributed by atoms with E-state index >= 15 is 0 Å². The van der Waals surface area contributed by atoms with Crippen LogP contribution in [0.25, 0.3) is 11.2 Å². The van der Waals surface area contributed by atoms with Crippen LogP contribution in [0, 0.1) is 6.92 Å². The van der Waals surface area contributed by atoms with Crippen LogP contribution in [0.4, 0.5) is 5.82 Å². The first-order valence-corrected chi connectivity index (χ1v) is 10.1. The summed E-state index contributed by atoms with van der Waals surface area (Å²) >= 11 is 0. The van der Waals surface area contributed by atoms with Crippen LogP contribution in [0.15, 0.2) is 41.8 Å². The molecule has 12 heteroatoms. The highest BCUT2D eigenvalue weighted by atomic mass is 32.2. The fourth-order valence-electron chi connectivity index (χ4n) is 3.40. The van der Waals surface area contributed by atoms with Gasteiger partial charge in [0, 0.05) is 0 Å². The summed E-state index contributed by atoms with van der Waals surface area (Å²) in [6, 6.07) is 5.78. The molecule has 0 aliphatic carbocycles. The second-order valence-corrected chi connectivity index (χ2v) is 8.94. The van der Waals surface area contributed by atoms with Gasteiger partial charge in [-0.25, -0.2) is 23.4 Å². The van der Waals surface area contributed by atoms with E-state index in [-0.39, 0.29) is 21.9 Å². The molecular weight excluding hydrogens is 402 g/mol. The second kappa shape index (κ2) is 6.71. The largest absolute Gasteiger partial charge is 0.394 e. The minimum absolute atomic E-state index is 0.0518. The Kier molecular flexibility index (Phi) is 4.55. The Morgan fingerprint density at radius 3 is 2.59 bits per heavy atom. The molecule has 3 aromatic rings. The predicted molar refractivity (Wildman–Crippen MR) is 100 cm³/mol. The number of nitrogens with zero attached hydrogens (tertiary/aromatic N) is 4. The lowest BCUT2D eigenvalue weighted by Crippen LogP contribution is -2.53. The van der Waals surface area contributed by atoms with E-state index in [1.807, 2.05) is 0 Å². The lowest BCUT2D eigenvalue weighted by molar-refractivity contribution is -0.0615. The van der Waals surface area contributed by atoms with Crippen molar-refractivity contribution in [3.8, 4) is 0 Å². The molecule has 0 spiro atoms. The van der Waals surface area contributed by atoms with Crippen molar-refractivity contribution in [2.75, 3.05) is 12.3 Å². The third-order valence-electron chi connectivity index (χ3n) is 5.01. The van der Waals surface area contributed by atoms with Gasteiger partial charge in [0.25, 0.3) is 0 Å². The number of aliphatic hydroxyl groups excluding tert-OH is 2. The van der Waals surface area contributed by atoms with Gasteiger partial charge in [0.05, 0.1) is 17.8 Å². The Morgan fingerprint density at radius 2 is 1.93 bits per heavy atom. The van der Waals surface area contributed by atoms with Crippen LogP contribution in [-0.2, 0) is 14.6 Å². The molecule has 0 radical (unpaired) electrons. The molecule has 0 bridgehead atoms. The highest BCUT2D eigenvalue weighted by molar-refractivity contribution is 7.92. The number of aliphatic hydroxyl groups is 3. The number of hydrogen-bond donors (Lipinski definition) is 4. The number of aryl methyl sites for hydroxylation is 1. The lowest BCUT2D eigenvalue weighted by Gasteiger charge is -2.31. The van der Waals surface area contributed by atoms with Crippen LogP contribution in [0.5, 0.6) is 0 Å². The molecular formula is C17H19N5O6S. The van der Waals surface area contributed by atoms with E-state index < -0.39 is 39.8 Å². The summed E-state index contributed by atoms with van der Waals surface area (Å²) in [7, 11) is -4.55. The van der Waals surface area contributed by atoms with Gasteiger partial charge in [-0.15, -0.1) is 0 Å². The first-order valence-electron chi connectivity index (χ1n) is 8.63. The number of imidazole rings is 1. The molecule has 0 saturated carbocycles. The highest BCUT2D eigenvalue weighted by Gasteiger charge is 2.64. The number of anilines is 1. The third kappa shape index (κ3) is 2.72. The lowest BCUT2D eigenvalue weighted by atomic mass is 10.1. The SMILES string of the molecule is Cc1ccc(S(=O)(=O)C2(O)C(O)C(CO)OC2n2cnc3c(N)ncnc32)cc1. The van der Waals surface area contributed by atoms with E-state index in [0.717, 1.165) is 16.5 Å². The normalized spacial score (nSPS) is 27.5. The minimum Gasteiger partial charge on any atom is -0.394 e. The van der Waals surface area contributed by atoms with Crippen LogP contribution in [0.2, 0.25) is 0 Å². The summed E-state index contributed by atoms with van der Waals surface area (Å²) < 4.78 is 33.5.